The average Bonchev–Trinajstić information content (AvgIpc) is 2.48. The van der Waals surface area contributed by atoms with Crippen molar-refractivity contribution in [3.63, 3.8) is 0 Å². The summed E-state index contributed by atoms with van der Waals surface area (Å²) < 4.78 is 0. The Hall–Kier alpha value is -0.610. The number of likely N-dealkylation sites (N-methyl/N-ethyl adjacent to an activating group) is 1. The Bertz CT molecular complexity index is 316. The second kappa shape index (κ2) is 8.14. The molecule has 0 bridgehead atoms. The number of piperidine rings is 1. The summed E-state index contributed by atoms with van der Waals surface area (Å²) in [6.45, 7) is 15.8. The molecule has 2 heterocycles. The zero-order valence-electron chi connectivity index (χ0n) is 14.2. The van der Waals surface area contributed by atoms with Crippen LogP contribution in [-0.2, 0) is 4.79 Å². The molecule has 0 aromatic carbocycles. The van der Waals surface area contributed by atoms with Gasteiger partial charge in [-0.3, -0.25) is 4.79 Å². The van der Waals surface area contributed by atoms with E-state index in [1.54, 1.807) is 0 Å². The second-order valence-electron chi connectivity index (χ2n) is 7.16. The molecule has 0 radical (unpaired) electrons. The van der Waals surface area contributed by atoms with E-state index in [9.17, 15) is 4.79 Å². The highest BCUT2D eigenvalue weighted by molar-refractivity contribution is 5.76. The van der Waals surface area contributed by atoms with Gasteiger partial charge in [0.1, 0.15) is 0 Å². The smallest absolute Gasteiger partial charge is 0.222 e. The minimum atomic E-state index is 0.361. The van der Waals surface area contributed by atoms with Gasteiger partial charge in [0.05, 0.1) is 0 Å². The van der Waals surface area contributed by atoms with E-state index in [1.807, 2.05) is 0 Å². The van der Waals surface area contributed by atoms with Crippen LogP contribution in [0.1, 0.15) is 40.0 Å². The van der Waals surface area contributed by atoms with Gasteiger partial charge in [0.25, 0.3) is 0 Å². The number of amides is 1. The Morgan fingerprint density at radius 3 is 2.10 bits per heavy atom. The van der Waals surface area contributed by atoms with Crippen molar-refractivity contribution in [2.24, 2.45) is 11.8 Å². The quantitative estimate of drug-likeness (QED) is 0.775. The molecule has 0 N–H and O–H groups in total. The summed E-state index contributed by atoms with van der Waals surface area (Å²) in [5, 5.41) is 0. The van der Waals surface area contributed by atoms with Crippen LogP contribution in [0.2, 0.25) is 0 Å². The highest BCUT2D eigenvalue weighted by Gasteiger charge is 2.25. The number of hydrogen-bond acceptors (Lipinski definition) is 3. The van der Waals surface area contributed by atoms with Crippen LogP contribution in [-0.4, -0.2) is 73.0 Å². The van der Waals surface area contributed by atoms with E-state index in [0.717, 1.165) is 19.0 Å². The molecule has 2 saturated heterocycles. The van der Waals surface area contributed by atoms with Crippen molar-refractivity contribution >= 4 is 5.91 Å². The van der Waals surface area contributed by atoms with E-state index in [0.29, 0.717) is 18.2 Å². The van der Waals surface area contributed by atoms with Crippen molar-refractivity contribution in [3.05, 3.63) is 0 Å². The second-order valence-corrected chi connectivity index (χ2v) is 7.16. The van der Waals surface area contributed by atoms with E-state index >= 15 is 0 Å². The Kier molecular flexibility index (Phi) is 6.49. The topological polar surface area (TPSA) is 26.8 Å². The molecule has 0 aromatic rings. The summed E-state index contributed by atoms with van der Waals surface area (Å²) in [5.74, 6) is 1.63. The fourth-order valence-corrected chi connectivity index (χ4v) is 3.50. The predicted octanol–water partition coefficient (Wildman–Crippen LogP) is 1.91. The van der Waals surface area contributed by atoms with Gasteiger partial charge in [-0.2, -0.15) is 0 Å². The van der Waals surface area contributed by atoms with Gasteiger partial charge in [-0.15, -0.1) is 0 Å². The van der Waals surface area contributed by atoms with E-state index < -0.39 is 0 Å². The summed E-state index contributed by atoms with van der Waals surface area (Å²) in [7, 11) is 0. The first-order valence-corrected chi connectivity index (χ1v) is 8.81. The Labute approximate surface area is 130 Å². The minimum Gasteiger partial charge on any atom is -0.343 e. The van der Waals surface area contributed by atoms with Crippen molar-refractivity contribution in [3.8, 4) is 0 Å². The largest absolute Gasteiger partial charge is 0.343 e. The highest BCUT2D eigenvalue weighted by atomic mass is 16.2. The van der Waals surface area contributed by atoms with Gasteiger partial charge in [-0.1, -0.05) is 20.8 Å². The normalized spacial score (nSPS) is 23.0. The average molecular weight is 295 g/mol. The molecule has 2 rings (SSSR count). The molecule has 0 aromatic heterocycles. The molecule has 1 amide bonds. The molecule has 0 saturated carbocycles. The van der Waals surface area contributed by atoms with E-state index in [4.69, 9.17) is 0 Å². The molecule has 2 aliphatic heterocycles. The number of piperazine rings is 1. The van der Waals surface area contributed by atoms with Gasteiger partial charge >= 0.3 is 0 Å². The summed E-state index contributed by atoms with van der Waals surface area (Å²) in [5.41, 5.74) is 0. The monoisotopic (exact) mass is 295 g/mol. The lowest BCUT2D eigenvalue weighted by Gasteiger charge is -2.38. The molecule has 2 fully saturated rings. The summed E-state index contributed by atoms with van der Waals surface area (Å²) in [6.07, 6.45) is 3.10. The highest BCUT2D eigenvalue weighted by Crippen LogP contribution is 2.20. The fraction of sp³-hybridized carbons (Fsp3) is 0.941. The maximum Gasteiger partial charge on any atom is 0.222 e. The van der Waals surface area contributed by atoms with Gasteiger partial charge in [0.2, 0.25) is 5.91 Å². The van der Waals surface area contributed by atoms with Gasteiger partial charge in [0, 0.05) is 52.2 Å². The van der Waals surface area contributed by atoms with E-state index in [1.165, 1.54) is 52.1 Å². The van der Waals surface area contributed by atoms with Crippen molar-refractivity contribution in [2.75, 3.05) is 52.4 Å². The lowest BCUT2D eigenvalue weighted by molar-refractivity contribution is -0.133. The third-order valence-electron chi connectivity index (χ3n) is 4.98. The lowest BCUT2D eigenvalue weighted by Crippen LogP contribution is -2.49. The Balaban J connectivity index is 1.66. The molecule has 0 aliphatic carbocycles. The maximum atomic E-state index is 12.1. The molecule has 4 nitrogen and oxygen atoms in total. The Morgan fingerprint density at radius 1 is 1.00 bits per heavy atom. The summed E-state index contributed by atoms with van der Waals surface area (Å²) >= 11 is 0. The van der Waals surface area contributed by atoms with Crippen LogP contribution < -0.4 is 0 Å². The van der Waals surface area contributed by atoms with Crippen LogP contribution in [0, 0.1) is 11.8 Å². The summed E-state index contributed by atoms with van der Waals surface area (Å²) in [6, 6.07) is 0. The third kappa shape index (κ3) is 5.26. The number of likely N-dealkylation sites (tertiary alicyclic amines) is 1. The molecular formula is C17H33N3O. The first-order chi connectivity index (χ1) is 10.1. The number of rotatable bonds is 5. The molecule has 4 heteroatoms. The van der Waals surface area contributed by atoms with Crippen LogP contribution in [0.4, 0.5) is 0 Å². The molecule has 0 unspecified atom stereocenters. The first-order valence-electron chi connectivity index (χ1n) is 8.81. The fourth-order valence-electron chi connectivity index (χ4n) is 3.50. The molecule has 21 heavy (non-hydrogen) atoms. The number of carbonyl (C=O) groups excluding carboxylic acids is 1. The van der Waals surface area contributed by atoms with Gasteiger partial charge in [-0.05, 0) is 31.2 Å². The SMILES string of the molecule is CCN1CCN(CC2CCN(C(=O)CC(C)C)CC2)CC1. The van der Waals surface area contributed by atoms with Crippen molar-refractivity contribution in [1.29, 1.82) is 0 Å². The van der Waals surface area contributed by atoms with Gasteiger partial charge in [0.15, 0.2) is 0 Å². The minimum absolute atomic E-state index is 0.361. The van der Waals surface area contributed by atoms with Crippen LogP contribution in [0.25, 0.3) is 0 Å². The van der Waals surface area contributed by atoms with E-state index in [2.05, 4.69) is 35.5 Å². The third-order valence-corrected chi connectivity index (χ3v) is 4.98. The predicted molar refractivity (Wildman–Crippen MR) is 87.3 cm³/mol. The maximum absolute atomic E-state index is 12.1. The van der Waals surface area contributed by atoms with Crippen LogP contribution in [0.3, 0.4) is 0 Å². The number of carbonyl (C=O) groups is 1. The van der Waals surface area contributed by atoms with Crippen LogP contribution >= 0.6 is 0 Å². The molecule has 0 spiro atoms. The molecule has 2 aliphatic rings. The Morgan fingerprint density at radius 2 is 1.57 bits per heavy atom. The standard InChI is InChI=1S/C17H33N3O/c1-4-18-9-11-19(12-10-18)14-16-5-7-20(8-6-16)17(21)13-15(2)3/h15-16H,4-14H2,1-3H3. The lowest BCUT2D eigenvalue weighted by atomic mass is 9.95. The van der Waals surface area contributed by atoms with Crippen molar-refractivity contribution in [1.82, 2.24) is 14.7 Å². The van der Waals surface area contributed by atoms with Crippen molar-refractivity contribution < 1.29 is 4.79 Å². The number of hydrogen-bond donors (Lipinski definition) is 0. The molecule has 122 valence electrons. The molecule has 0 atom stereocenters. The molecular weight excluding hydrogens is 262 g/mol. The van der Waals surface area contributed by atoms with Gasteiger partial charge < -0.3 is 14.7 Å². The van der Waals surface area contributed by atoms with Crippen LogP contribution in [0.5, 0.6) is 0 Å². The van der Waals surface area contributed by atoms with Crippen molar-refractivity contribution in [2.45, 2.75) is 40.0 Å². The first kappa shape index (κ1) is 16.8. The zero-order valence-corrected chi connectivity index (χ0v) is 14.2. The number of nitrogens with zero attached hydrogens (tertiary/aromatic N) is 3. The van der Waals surface area contributed by atoms with Crippen LogP contribution in [0.15, 0.2) is 0 Å². The van der Waals surface area contributed by atoms with E-state index in [-0.39, 0.29) is 0 Å². The van der Waals surface area contributed by atoms with Gasteiger partial charge in [-0.25, -0.2) is 0 Å². The zero-order chi connectivity index (χ0) is 15.2. The summed E-state index contributed by atoms with van der Waals surface area (Å²) in [4.78, 5) is 19.3.